The zero-order valence-corrected chi connectivity index (χ0v) is 33.0. The topological polar surface area (TPSA) is 303 Å². The van der Waals surface area contributed by atoms with E-state index in [1.54, 1.807) is 13.8 Å². The summed E-state index contributed by atoms with van der Waals surface area (Å²) >= 11 is 0. The second-order valence-corrected chi connectivity index (χ2v) is 13.3. The van der Waals surface area contributed by atoms with Crippen molar-refractivity contribution in [3.8, 4) is 130 Å². The monoisotopic (exact) mass is 922 g/mol. The maximum absolute atomic E-state index is 12.9. The molecule has 0 radical (unpaired) electrons. The number of aliphatic hydroxyl groups excluding tert-OH is 3. The summed E-state index contributed by atoms with van der Waals surface area (Å²) in [6.45, 7) is 1.05. The lowest BCUT2D eigenvalue weighted by atomic mass is 9.85. The van der Waals surface area contributed by atoms with E-state index in [9.17, 15) is 53.3 Å². The summed E-state index contributed by atoms with van der Waals surface area (Å²) < 4.78 is 63.4. The highest BCUT2D eigenvalue weighted by Gasteiger charge is 2.56. The molecule has 1 fully saturated rings. The largest absolute Gasteiger partial charge is 0.472 e. The van der Waals surface area contributed by atoms with Crippen molar-refractivity contribution in [1.82, 2.24) is 0 Å². The molecule has 8 N–H and O–H groups in total. The van der Waals surface area contributed by atoms with Crippen molar-refractivity contribution >= 4 is 48.9 Å². The fourth-order valence-electron chi connectivity index (χ4n) is 3.44. The molecular formula is C35H73O19P3S. The average molecular weight is 923 g/mol. The number of ether oxygens (including phenoxy) is 2. The van der Waals surface area contributed by atoms with Crippen LogP contribution in [0.4, 0.5) is 0 Å². The first-order valence-electron chi connectivity index (χ1n) is 14.7. The number of aliphatic hydroxyl groups is 3. The molecule has 0 saturated heterocycles. The molecule has 19 nitrogen and oxygen atoms in total. The summed E-state index contributed by atoms with van der Waals surface area (Å²) in [5.74, 6) is 47.9. The van der Waals surface area contributed by atoms with Gasteiger partial charge in [-0.05, 0) is 120 Å². The van der Waals surface area contributed by atoms with Crippen molar-refractivity contribution in [2.24, 2.45) is 0 Å². The normalized spacial score (nSPS) is 19.8. The number of hydrogen-bond donors (Lipinski definition) is 8. The van der Waals surface area contributed by atoms with Gasteiger partial charge in [-0.15, -0.1) is 0 Å². The van der Waals surface area contributed by atoms with E-state index in [2.05, 4.69) is 132 Å². The van der Waals surface area contributed by atoms with Gasteiger partial charge in [-0.1, -0.05) is 11.8 Å². The van der Waals surface area contributed by atoms with Crippen LogP contribution < -0.4 is 0 Å². The van der Waals surface area contributed by atoms with Gasteiger partial charge in [0, 0.05) is 44.7 Å². The van der Waals surface area contributed by atoms with Crippen molar-refractivity contribution in [3.63, 3.8) is 0 Å². The molecule has 1 rings (SSSR count). The molecule has 0 aromatic rings. The molecule has 0 spiro atoms. The van der Waals surface area contributed by atoms with Gasteiger partial charge in [0.25, 0.3) is 0 Å². The smallest absolute Gasteiger partial charge is 0.452 e. The maximum Gasteiger partial charge on any atom is 0.472 e. The number of esters is 2. The van der Waals surface area contributed by atoms with Crippen LogP contribution in [0.15, 0.2) is 0 Å². The van der Waals surface area contributed by atoms with Gasteiger partial charge < -0.3 is 49.3 Å². The van der Waals surface area contributed by atoms with Crippen LogP contribution >= 0.6 is 37.0 Å². The Morgan fingerprint density at radius 1 is 0.534 bits per heavy atom. The highest BCUT2D eigenvalue weighted by molar-refractivity contribution is 7.59. The predicted octanol–water partition coefficient (Wildman–Crippen LogP) is 2.84. The van der Waals surface area contributed by atoms with Gasteiger partial charge in [-0.25, -0.2) is 23.3 Å². The van der Waals surface area contributed by atoms with Crippen molar-refractivity contribution in [3.05, 3.63) is 0 Å². The van der Waals surface area contributed by atoms with Crippen LogP contribution in [0.25, 0.3) is 0 Å². The Hall–Kier alpha value is -5.34. The highest BCUT2D eigenvalue weighted by atomic mass is 32.1. The minimum absolute atomic E-state index is 0. The van der Waals surface area contributed by atoms with Gasteiger partial charge in [0.05, 0.1) is 6.61 Å². The number of rotatable bonds is 12. The molecule has 0 aromatic heterocycles. The second kappa shape index (κ2) is 27.3. The van der Waals surface area contributed by atoms with E-state index in [-0.39, 0.29) is 46.3 Å². The van der Waals surface area contributed by atoms with Crippen LogP contribution in [0.3, 0.4) is 0 Å². The molecule has 23 heteroatoms. The lowest BCUT2D eigenvalue weighted by molar-refractivity contribution is -0.213. The molecule has 4 unspecified atom stereocenters. The van der Waals surface area contributed by atoms with E-state index >= 15 is 0 Å². The predicted molar refractivity (Wildman–Crippen MR) is 249 cm³/mol. The Labute approximate surface area is 372 Å². The van der Waals surface area contributed by atoms with Gasteiger partial charge in [-0.2, -0.15) is 13.5 Å². The van der Waals surface area contributed by atoms with E-state index in [4.69, 9.17) is 23.8 Å². The lowest BCUT2D eigenvalue weighted by Gasteiger charge is -2.44. The molecule has 58 heavy (non-hydrogen) atoms. The van der Waals surface area contributed by atoms with Crippen LogP contribution in [0, 0.1) is 130 Å². The first kappa shape index (κ1) is 52.7. The van der Waals surface area contributed by atoms with Gasteiger partial charge >= 0.3 is 35.4 Å². The molecule has 0 bridgehead atoms. The first-order valence-corrected chi connectivity index (χ1v) is 19.3. The van der Waals surface area contributed by atoms with E-state index < -0.39 is 91.3 Å². The van der Waals surface area contributed by atoms with Crippen LogP contribution in [0.1, 0.15) is 46.7 Å². The Kier molecular flexibility index (Phi) is 24.8. The molecular weight excluding hydrogens is 849 g/mol. The molecule has 8 atom stereocenters. The molecule has 0 amide bonds. The second-order valence-electron chi connectivity index (χ2n) is 9.55. The average Bonchev–Trinajstić information content (AvgIpc) is 3.12. The third-order valence-electron chi connectivity index (χ3n) is 5.47. The number of carbonyl (C=O) groups excluding carboxylic acids is 2. The Morgan fingerprint density at radius 2 is 0.897 bits per heavy atom. The number of carbonyl (C=O) groups is 2. The minimum atomic E-state index is -5.66. The van der Waals surface area contributed by atoms with Gasteiger partial charge in [0.1, 0.15) is 43.2 Å². The fourth-order valence-corrected chi connectivity index (χ4v) is 5.54. The summed E-state index contributed by atoms with van der Waals surface area (Å²) in [6, 6.07) is 0. The third kappa shape index (κ3) is 23.7. The first-order chi connectivity index (χ1) is 26.8. The van der Waals surface area contributed by atoms with E-state index in [1.165, 1.54) is 0 Å². The van der Waals surface area contributed by atoms with E-state index in [1.807, 2.05) is 11.8 Å². The van der Waals surface area contributed by atoms with Crippen LogP contribution in [0.5, 0.6) is 0 Å². The van der Waals surface area contributed by atoms with Crippen molar-refractivity contribution in [1.29, 1.82) is 0 Å². The lowest BCUT2D eigenvalue weighted by Crippen LogP contribution is -2.65. The number of phosphoric acid groups is 3. The number of phosphoric ester groups is 3. The maximum atomic E-state index is 12.9. The van der Waals surface area contributed by atoms with Crippen LogP contribution in [-0.4, -0.2) is 108 Å². The zero-order valence-electron chi connectivity index (χ0n) is 29.4. The van der Waals surface area contributed by atoms with E-state index in [0.717, 1.165) is 0 Å². The molecule has 348 valence electrons. The third-order valence-corrected chi connectivity index (χ3v) is 7.49. The van der Waals surface area contributed by atoms with Crippen molar-refractivity contribution in [2.45, 2.75) is 56.6 Å². The quantitative estimate of drug-likeness (QED) is 0.0604. The fraction of sp³-hybridized carbons (Fsp3) is 0.314. The molecule has 1 aliphatic carbocycles. The van der Waals surface area contributed by atoms with E-state index in [0.29, 0.717) is 0 Å². The summed E-state index contributed by atoms with van der Waals surface area (Å²) in [7, 11) is -16.9. The molecule has 1 saturated carbocycles. The molecule has 1 aliphatic rings. The molecule has 0 heterocycles. The van der Waals surface area contributed by atoms with Crippen molar-refractivity contribution in [2.75, 3.05) is 13.2 Å². The number of hydrogen-bond acceptors (Lipinski definition) is 14. The summed E-state index contributed by atoms with van der Waals surface area (Å²) in [5.41, 5.74) is 0. The Morgan fingerprint density at radius 3 is 1.31 bits per heavy atom. The molecule has 0 aliphatic heterocycles. The van der Waals surface area contributed by atoms with Gasteiger partial charge in [-0.3, -0.25) is 18.1 Å². The van der Waals surface area contributed by atoms with Gasteiger partial charge in [0.15, 0.2) is 6.10 Å². The standard InChI is InChI=1S/C35H25O19P3.H2S.23H2/c1-3-5-7-9-11-13-14-16-18-20-22-24-29(37)51-27(25-49-28(36)23-21-19-17-15-12-10-8-6-4-2)26-50-57(47,48)54-33-30(38)31(39)34(52-55(41,42)43)35(32(33)40)53-56(44,45)46;;;;;;;;;;;;;;;;;;;;;;;;/h27,30-35,38-40H,25-26H2,1-2H3,(H,47,48)(H2,41,42,43)(H2,44,45,46);1H2;23*1H/t27-,30?,31-,32+,33?,34?,35+;;;;;;;;;;;;;;;;;;;;;;;;/m1......................../s1. The Bertz CT molecular complexity index is 2470. The molecule has 0 aromatic carbocycles. The highest BCUT2D eigenvalue weighted by Crippen LogP contribution is 2.51. The SMILES string of the molecule is CC#CC#CC#CC#CC#CC#CC(=O)O[C@H](COC(=O)C#CC#CC#CC#CC#CC)COP(=O)(O)OC1C(O)[C@@H](O)C(OP(=O)(O)O)[C@@H](OP(=O)(O)O)[C@H]1O.S.[HH].[HH].[HH].[HH].[HH].[HH].[HH].[HH].[HH].[HH].[HH].[HH].[HH].[HH].[HH].[HH].[HH].[HH].[HH].[HH].[HH].[HH].[HH]. The Balaban J connectivity index is -0.0000000615. The van der Waals surface area contributed by atoms with Crippen LogP contribution in [0.2, 0.25) is 0 Å². The summed E-state index contributed by atoms with van der Waals surface area (Å²) in [5, 5.41) is 31.4. The zero-order chi connectivity index (χ0) is 42.9. The summed E-state index contributed by atoms with van der Waals surface area (Å²) in [4.78, 5) is 71.5. The summed E-state index contributed by atoms with van der Waals surface area (Å²) in [6.07, 6.45) is -17.3. The minimum Gasteiger partial charge on any atom is -0.452 e. The van der Waals surface area contributed by atoms with Crippen LogP contribution in [-0.2, 0) is 50.9 Å². The van der Waals surface area contributed by atoms with Gasteiger partial charge in [0.2, 0.25) is 0 Å². The van der Waals surface area contributed by atoms with Crippen molar-refractivity contribution < 1.29 is 123 Å².